The van der Waals surface area contributed by atoms with Crippen molar-refractivity contribution in [3.63, 3.8) is 0 Å². The number of Topliss-reactive ketones (excluding diaryl/α,β-unsaturated/α-hetero) is 1. The van der Waals surface area contributed by atoms with Crippen LogP contribution in [0.2, 0.25) is 0 Å². The van der Waals surface area contributed by atoms with E-state index in [9.17, 15) is 14.4 Å². The minimum Gasteiger partial charge on any atom is -0.456 e. The number of hydrogen-bond donors (Lipinski definition) is 2. The number of ketones is 1. The van der Waals surface area contributed by atoms with E-state index in [1.807, 2.05) is 30.3 Å². The van der Waals surface area contributed by atoms with Crippen LogP contribution in [-0.4, -0.2) is 23.4 Å². The van der Waals surface area contributed by atoms with Gasteiger partial charge in [0.25, 0.3) is 0 Å². The molecule has 0 radical (unpaired) electrons. The van der Waals surface area contributed by atoms with Crippen LogP contribution < -0.4 is 10.6 Å². The summed E-state index contributed by atoms with van der Waals surface area (Å²) in [5.74, 6) is 0.0702. The molecule has 0 spiro atoms. The molecule has 0 atom stereocenters. The summed E-state index contributed by atoms with van der Waals surface area (Å²) in [6.45, 7) is 5.23. The lowest BCUT2D eigenvalue weighted by Crippen LogP contribution is -2.27. The number of fused-ring (bicyclic) bond motifs is 1. The highest BCUT2D eigenvalue weighted by atomic mass is 16.6. The van der Waals surface area contributed by atoms with Gasteiger partial charge in [0, 0.05) is 16.7 Å². The number of carbonyl (C=O) groups is 3. The molecular formula is C29H25N3O5. The fourth-order valence-corrected chi connectivity index (χ4v) is 3.71. The molecule has 1 aliphatic carbocycles. The summed E-state index contributed by atoms with van der Waals surface area (Å²) in [6, 6.07) is 22.5. The largest absolute Gasteiger partial charge is 0.456 e. The summed E-state index contributed by atoms with van der Waals surface area (Å²) in [4.78, 5) is 38.3. The fourth-order valence-electron chi connectivity index (χ4n) is 3.71. The maximum atomic E-state index is 13.0. The van der Waals surface area contributed by atoms with Gasteiger partial charge >= 0.3 is 6.09 Å². The second-order valence-corrected chi connectivity index (χ2v) is 9.34. The van der Waals surface area contributed by atoms with E-state index < -0.39 is 29.8 Å². The van der Waals surface area contributed by atoms with Crippen LogP contribution in [0.3, 0.4) is 0 Å². The summed E-state index contributed by atoms with van der Waals surface area (Å²) in [7, 11) is 0. The normalized spacial score (nSPS) is 11.0. The maximum absolute atomic E-state index is 13.0. The first kappa shape index (κ1) is 25.2. The number of anilines is 2. The number of nitrogens with zero attached hydrogens (tertiary/aromatic N) is 1. The smallest absolute Gasteiger partial charge is 0.412 e. The van der Waals surface area contributed by atoms with E-state index in [2.05, 4.69) is 10.6 Å². The van der Waals surface area contributed by atoms with Crippen molar-refractivity contribution in [3.05, 3.63) is 83.9 Å². The van der Waals surface area contributed by atoms with E-state index >= 15 is 0 Å². The van der Waals surface area contributed by atoms with Crippen LogP contribution in [0.25, 0.3) is 22.6 Å². The van der Waals surface area contributed by atoms with Crippen molar-refractivity contribution in [3.8, 4) is 28.7 Å². The summed E-state index contributed by atoms with van der Waals surface area (Å²) < 4.78 is 11.4. The summed E-state index contributed by atoms with van der Waals surface area (Å²) >= 11 is 0. The monoisotopic (exact) mass is 495 g/mol. The van der Waals surface area contributed by atoms with Crippen LogP contribution in [0.1, 0.15) is 43.1 Å². The molecule has 2 aromatic rings. The molecule has 186 valence electrons. The molecule has 0 saturated carbocycles. The minimum atomic E-state index is -0.729. The zero-order chi connectivity index (χ0) is 26.6. The maximum Gasteiger partial charge on any atom is 0.412 e. The lowest BCUT2D eigenvalue weighted by molar-refractivity contribution is -0.115. The van der Waals surface area contributed by atoms with E-state index in [1.54, 1.807) is 63.2 Å². The van der Waals surface area contributed by atoms with Crippen molar-refractivity contribution in [2.45, 2.75) is 32.8 Å². The van der Waals surface area contributed by atoms with Crippen molar-refractivity contribution in [2.24, 2.45) is 0 Å². The third-order valence-electron chi connectivity index (χ3n) is 5.31. The predicted octanol–water partition coefficient (Wildman–Crippen LogP) is 6.48. The topological polar surface area (TPSA) is 121 Å². The number of benzene rings is 2. The molecule has 2 aromatic carbocycles. The number of para-hydroxylation sites is 1. The number of rotatable bonds is 6. The minimum absolute atomic E-state index is 0.256. The van der Waals surface area contributed by atoms with E-state index in [-0.39, 0.29) is 16.9 Å². The number of nitrogens with one attached hydrogen (secondary N) is 2. The number of ether oxygens (including phenoxy) is 1. The number of carbonyl (C=O) groups excluding carboxylic acids is 3. The standard InChI is InChI=1S/C29H25N3O5/c1-29(2,3)37-28(35)31-22-11-6-10-21(25-14-13-19-8-5-12-24(19)36-25)27(22)32-26(34)16-23(33)20-9-4-7-18(15-20)17-30/h4-15H,16H2,1-3H3,(H,31,35)(H,32,34). The van der Waals surface area contributed by atoms with E-state index in [1.165, 1.54) is 6.07 Å². The number of nitriles is 1. The first-order valence-corrected chi connectivity index (χ1v) is 11.6. The van der Waals surface area contributed by atoms with Crippen LogP contribution in [0.15, 0.2) is 77.2 Å². The molecule has 2 amide bonds. The molecule has 2 N–H and O–H groups in total. The molecule has 0 fully saturated rings. The quantitative estimate of drug-likeness (QED) is 0.233. The lowest BCUT2D eigenvalue weighted by atomic mass is 10.0. The molecule has 0 bridgehead atoms. The molecule has 0 unspecified atom stereocenters. The molecular weight excluding hydrogens is 470 g/mol. The van der Waals surface area contributed by atoms with Gasteiger partial charge in [0.1, 0.15) is 17.1 Å². The summed E-state index contributed by atoms with van der Waals surface area (Å²) in [6.07, 6.45) is -1.17. The first-order valence-electron chi connectivity index (χ1n) is 11.6. The Bertz CT molecular complexity index is 1490. The van der Waals surface area contributed by atoms with Gasteiger partial charge < -0.3 is 14.5 Å². The van der Waals surface area contributed by atoms with Crippen molar-refractivity contribution in [1.29, 1.82) is 5.26 Å². The molecule has 4 rings (SSSR count). The highest BCUT2D eigenvalue weighted by molar-refractivity contribution is 6.13. The molecule has 1 aliphatic heterocycles. The lowest BCUT2D eigenvalue weighted by Gasteiger charge is -2.21. The Balaban J connectivity index is 1.66. The third-order valence-corrected chi connectivity index (χ3v) is 5.31. The average molecular weight is 496 g/mol. The Morgan fingerprint density at radius 1 is 0.919 bits per heavy atom. The van der Waals surface area contributed by atoms with Gasteiger partial charge in [-0.05, 0) is 63.2 Å². The van der Waals surface area contributed by atoms with Gasteiger partial charge in [-0.25, -0.2) is 4.79 Å². The van der Waals surface area contributed by atoms with Gasteiger partial charge in [0.05, 0.1) is 29.4 Å². The predicted molar refractivity (Wildman–Crippen MR) is 139 cm³/mol. The second kappa shape index (κ2) is 10.4. The zero-order valence-electron chi connectivity index (χ0n) is 20.6. The van der Waals surface area contributed by atoms with Crippen LogP contribution >= 0.6 is 0 Å². The second-order valence-electron chi connectivity index (χ2n) is 9.34. The molecule has 2 aliphatic rings. The molecule has 8 nitrogen and oxygen atoms in total. The van der Waals surface area contributed by atoms with Crippen LogP contribution in [0.5, 0.6) is 0 Å². The van der Waals surface area contributed by atoms with Gasteiger partial charge in [-0.15, -0.1) is 0 Å². The van der Waals surface area contributed by atoms with Crippen LogP contribution in [0.4, 0.5) is 16.2 Å². The first-order chi connectivity index (χ1) is 17.6. The number of hydrogen-bond acceptors (Lipinski definition) is 6. The van der Waals surface area contributed by atoms with Crippen LogP contribution in [-0.2, 0) is 9.53 Å². The van der Waals surface area contributed by atoms with Gasteiger partial charge in [0.15, 0.2) is 5.78 Å². The van der Waals surface area contributed by atoms with E-state index in [0.717, 1.165) is 5.56 Å². The Hall–Kier alpha value is -4.90. The van der Waals surface area contributed by atoms with E-state index in [4.69, 9.17) is 14.4 Å². The molecule has 8 heteroatoms. The highest BCUT2D eigenvalue weighted by Crippen LogP contribution is 2.37. The number of amides is 2. The average Bonchev–Trinajstić information content (AvgIpc) is 3.32. The van der Waals surface area contributed by atoms with Crippen molar-refractivity contribution in [1.82, 2.24) is 0 Å². The van der Waals surface area contributed by atoms with Crippen molar-refractivity contribution < 1.29 is 23.5 Å². The van der Waals surface area contributed by atoms with Gasteiger partial charge in [-0.1, -0.05) is 30.3 Å². The molecule has 0 aromatic heterocycles. The third kappa shape index (κ3) is 6.21. The van der Waals surface area contributed by atoms with Crippen molar-refractivity contribution >= 4 is 29.2 Å². The SMILES string of the molecule is CC(C)(C)OC(=O)Nc1cccc(-c2ccc3cccc-3o2)c1NC(=O)CC(=O)c1cccc(C#N)c1. The van der Waals surface area contributed by atoms with E-state index in [0.29, 0.717) is 22.6 Å². The van der Waals surface area contributed by atoms with Gasteiger partial charge in [-0.3, -0.25) is 14.9 Å². The molecule has 37 heavy (non-hydrogen) atoms. The summed E-state index contributed by atoms with van der Waals surface area (Å²) in [5.41, 5.74) is 1.80. The Kier molecular flexibility index (Phi) is 7.07. The molecule has 1 heterocycles. The zero-order valence-corrected chi connectivity index (χ0v) is 20.6. The fraction of sp³-hybridized carbons (Fsp3) is 0.172. The highest BCUT2D eigenvalue weighted by Gasteiger charge is 2.22. The summed E-state index contributed by atoms with van der Waals surface area (Å²) in [5, 5.41) is 14.5. The Morgan fingerprint density at radius 3 is 2.43 bits per heavy atom. The van der Waals surface area contributed by atoms with Gasteiger partial charge in [0.2, 0.25) is 5.91 Å². The Labute approximate surface area is 214 Å². The molecule has 0 saturated heterocycles. The van der Waals surface area contributed by atoms with Crippen molar-refractivity contribution in [2.75, 3.05) is 10.6 Å². The van der Waals surface area contributed by atoms with Gasteiger partial charge in [-0.2, -0.15) is 5.26 Å². The van der Waals surface area contributed by atoms with Crippen LogP contribution in [0, 0.1) is 11.3 Å². The Morgan fingerprint density at radius 2 is 1.68 bits per heavy atom.